The summed E-state index contributed by atoms with van der Waals surface area (Å²) in [5, 5.41) is 16.2. The van der Waals surface area contributed by atoms with E-state index in [1.807, 2.05) is 6.26 Å². The maximum atomic E-state index is 12.4. The Kier molecular flexibility index (Phi) is 11.8. The summed E-state index contributed by atoms with van der Waals surface area (Å²) in [7, 11) is 0. The van der Waals surface area contributed by atoms with Crippen LogP contribution in [0.3, 0.4) is 0 Å². The number of carboxylic acid groups (broad SMARTS) is 1. The lowest BCUT2D eigenvalue weighted by Gasteiger charge is -2.21. The molecule has 12 heteroatoms. The highest BCUT2D eigenvalue weighted by molar-refractivity contribution is 7.98. The third-order valence-electron chi connectivity index (χ3n) is 3.39. The number of carboxylic acids is 1. The standard InChI is InChI=1S/C15H27N5O6S/c1-8(16)13(23)18-7-12(22)19-9(5-6-27-2)14(24)20-10(15(25)26)3-4-11(17)21/h8-10H,3-7,16H2,1-2H3,(H2,17,21)(H,18,23)(H,19,22)(H,20,24)(H,25,26). The first kappa shape index (κ1) is 24.7. The molecule has 0 aliphatic heterocycles. The second-order valence-electron chi connectivity index (χ2n) is 5.81. The minimum Gasteiger partial charge on any atom is -0.480 e. The van der Waals surface area contributed by atoms with E-state index in [2.05, 4.69) is 16.0 Å². The molecule has 0 heterocycles. The zero-order chi connectivity index (χ0) is 21.0. The van der Waals surface area contributed by atoms with Crippen LogP contribution in [0.2, 0.25) is 0 Å². The van der Waals surface area contributed by atoms with Crippen LogP contribution in [0.1, 0.15) is 26.2 Å². The number of nitrogens with one attached hydrogen (secondary N) is 3. The van der Waals surface area contributed by atoms with Crippen LogP contribution in [0.25, 0.3) is 0 Å². The van der Waals surface area contributed by atoms with Gasteiger partial charge in [-0.25, -0.2) is 4.79 Å². The smallest absolute Gasteiger partial charge is 0.326 e. The predicted molar refractivity (Wildman–Crippen MR) is 99.6 cm³/mol. The summed E-state index contributed by atoms with van der Waals surface area (Å²) in [4.78, 5) is 57.8. The van der Waals surface area contributed by atoms with Gasteiger partial charge >= 0.3 is 5.97 Å². The normalized spacial score (nSPS) is 13.7. The van der Waals surface area contributed by atoms with Crippen molar-refractivity contribution in [3.05, 3.63) is 0 Å². The van der Waals surface area contributed by atoms with Crippen molar-refractivity contribution in [2.75, 3.05) is 18.6 Å². The van der Waals surface area contributed by atoms with E-state index in [1.165, 1.54) is 18.7 Å². The summed E-state index contributed by atoms with van der Waals surface area (Å²) < 4.78 is 0. The molecule has 3 unspecified atom stereocenters. The number of aliphatic carboxylic acids is 1. The lowest BCUT2D eigenvalue weighted by molar-refractivity contribution is -0.142. The van der Waals surface area contributed by atoms with Crippen LogP contribution in [0.15, 0.2) is 0 Å². The second kappa shape index (κ2) is 12.9. The first-order valence-corrected chi connectivity index (χ1v) is 9.60. The van der Waals surface area contributed by atoms with E-state index >= 15 is 0 Å². The van der Waals surface area contributed by atoms with Crippen molar-refractivity contribution in [3.8, 4) is 0 Å². The Balaban J connectivity index is 4.85. The molecule has 0 aliphatic rings. The van der Waals surface area contributed by atoms with Crippen LogP contribution in [-0.4, -0.2) is 71.4 Å². The third-order valence-corrected chi connectivity index (χ3v) is 4.04. The highest BCUT2D eigenvalue weighted by Crippen LogP contribution is 2.04. The van der Waals surface area contributed by atoms with Crippen molar-refractivity contribution in [2.45, 2.75) is 44.3 Å². The maximum Gasteiger partial charge on any atom is 0.326 e. The van der Waals surface area contributed by atoms with Crippen molar-refractivity contribution in [2.24, 2.45) is 11.5 Å². The molecule has 154 valence electrons. The Bertz CT molecular complexity index is 557. The van der Waals surface area contributed by atoms with Gasteiger partial charge in [-0.05, 0) is 31.8 Å². The molecule has 0 bridgehead atoms. The molecule has 4 amide bonds. The first-order valence-electron chi connectivity index (χ1n) is 8.21. The summed E-state index contributed by atoms with van der Waals surface area (Å²) in [6.07, 6.45) is 1.70. The summed E-state index contributed by atoms with van der Waals surface area (Å²) in [5.74, 6) is -3.31. The van der Waals surface area contributed by atoms with E-state index in [0.717, 1.165) is 0 Å². The van der Waals surface area contributed by atoms with Gasteiger partial charge in [-0.2, -0.15) is 11.8 Å². The molecule has 0 aliphatic carbocycles. The lowest BCUT2D eigenvalue weighted by atomic mass is 10.1. The van der Waals surface area contributed by atoms with E-state index in [9.17, 15) is 24.0 Å². The Morgan fingerprint density at radius 2 is 1.67 bits per heavy atom. The highest BCUT2D eigenvalue weighted by atomic mass is 32.2. The number of carbonyl (C=O) groups is 5. The molecule has 8 N–H and O–H groups in total. The maximum absolute atomic E-state index is 12.4. The molecule has 3 atom stereocenters. The van der Waals surface area contributed by atoms with Gasteiger partial charge in [0.1, 0.15) is 12.1 Å². The number of amides is 4. The van der Waals surface area contributed by atoms with E-state index in [4.69, 9.17) is 16.6 Å². The molecule has 0 aromatic heterocycles. The fourth-order valence-electron chi connectivity index (χ4n) is 1.89. The summed E-state index contributed by atoms with van der Waals surface area (Å²) in [5.41, 5.74) is 10.4. The molecule has 27 heavy (non-hydrogen) atoms. The van der Waals surface area contributed by atoms with Crippen molar-refractivity contribution in [3.63, 3.8) is 0 Å². The van der Waals surface area contributed by atoms with E-state index in [0.29, 0.717) is 5.75 Å². The van der Waals surface area contributed by atoms with Crippen LogP contribution < -0.4 is 27.4 Å². The quantitative estimate of drug-likeness (QED) is 0.194. The third kappa shape index (κ3) is 11.1. The van der Waals surface area contributed by atoms with Gasteiger partial charge in [-0.3, -0.25) is 19.2 Å². The van der Waals surface area contributed by atoms with Crippen molar-refractivity contribution in [1.29, 1.82) is 0 Å². The van der Waals surface area contributed by atoms with Gasteiger partial charge < -0.3 is 32.5 Å². The molecule has 0 rings (SSSR count). The second-order valence-corrected chi connectivity index (χ2v) is 6.80. The molecule has 0 radical (unpaired) electrons. The zero-order valence-corrected chi connectivity index (χ0v) is 16.1. The molecule has 0 aromatic carbocycles. The number of nitrogens with two attached hydrogens (primary N) is 2. The van der Waals surface area contributed by atoms with Crippen LogP contribution >= 0.6 is 11.8 Å². The van der Waals surface area contributed by atoms with Gasteiger partial charge in [0.05, 0.1) is 12.6 Å². The van der Waals surface area contributed by atoms with E-state index in [1.54, 1.807) is 0 Å². The Labute approximate surface area is 161 Å². The van der Waals surface area contributed by atoms with Crippen LogP contribution in [0, 0.1) is 0 Å². The topological polar surface area (TPSA) is 194 Å². The fraction of sp³-hybridized carbons (Fsp3) is 0.667. The molecule has 11 nitrogen and oxygen atoms in total. The number of hydrogen-bond acceptors (Lipinski definition) is 7. The minimum absolute atomic E-state index is 0.163. The molecular formula is C15H27N5O6S. The Hall–Kier alpha value is -2.34. The van der Waals surface area contributed by atoms with E-state index < -0.39 is 47.7 Å². The fourth-order valence-corrected chi connectivity index (χ4v) is 2.37. The Morgan fingerprint density at radius 3 is 2.15 bits per heavy atom. The Morgan fingerprint density at radius 1 is 1.04 bits per heavy atom. The van der Waals surface area contributed by atoms with Crippen LogP contribution in [0.4, 0.5) is 0 Å². The summed E-state index contributed by atoms with van der Waals surface area (Å²) in [6.45, 7) is 1.09. The number of thioether (sulfide) groups is 1. The molecule has 0 spiro atoms. The van der Waals surface area contributed by atoms with Crippen LogP contribution in [-0.2, 0) is 24.0 Å². The number of primary amides is 1. The summed E-state index contributed by atoms with van der Waals surface area (Å²) >= 11 is 1.44. The van der Waals surface area contributed by atoms with Gasteiger partial charge in [0.15, 0.2) is 0 Å². The predicted octanol–water partition coefficient (Wildman–Crippen LogP) is -2.48. The lowest BCUT2D eigenvalue weighted by Crippen LogP contribution is -2.53. The van der Waals surface area contributed by atoms with Gasteiger partial charge in [0.2, 0.25) is 23.6 Å². The van der Waals surface area contributed by atoms with E-state index in [-0.39, 0.29) is 25.8 Å². The van der Waals surface area contributed by atoms with Gasteiger partial charge in [0, 0.05) is 6.42 Å². The van der Waals surface area contributed by atoms with Gasteiger partial charge in [-0.1, -0.05) is 0 Å². The molecule has 0 aromatic rings. The number of carbonyl (C=O) groups excluding carboxylic acids is 4. The first-order chi connectivity index (χ1) is 12.6. The minimum atomic E-state index is -1.32. The zero-order valence-electron chi connectivity index (χ0n) is 15.3. The molecule has 0 saturated carbocycles. The summed E-state index contributed by atoms with van der Waals surface area (Å²) in [6, 6.07) is -3.08. The van der Waals surface area contributed by atoms with Crippen molar-refractivity contribution in [1.82, 2.24) is 16.0 Å². The number of hydrogen-bond donors (Lipinski definition) is 6. The van der Waals surface area contributed by atoms with Gasteiger partial charge in [0.25, 0.3) is 0 Å². The highest BCUT2D eigenvalue weighted by Gasteiger charge is 2.26. The molecule has 0 fully saturated rings. The monoisotopic (exact) mass is 405 g/mol. The molecule has 0 saturated heterocycles. The largest absolute Gasteiger partial charge is 0.480 e. The average Bonchev–Trinajstić information content (AvgIpc) is 2.58. The van der Waals surface area contributed by atoms with Crippen molar-refractivity contribution < 1.29 is 29.1 Å². The van der Waals surface area contributed by atoms with Crippen molar-refractivity contribution >= 4 is 41.4 Å². The number of rotatable bonds is 13. The SMILES string of the molecule is CSCCC(NC(=O)CNC(=O)C(C)N)C(=O)NC(CCC(N)=O)C(=O)O. The molecular weight excluding hydrogens is 378 g/mol. The van der Waals surface area contributed by atoms with Gasteiger partial charge in [-0.15, -0.1) is 0 Å². The average molecular weight is 405 g/mol. The van der Waals surface area contributed by atoms with Crippen LogP contribution in [0.5, 0.6) is 0 Å².